The van der Waals surface area contributed by atoms with Crippen molar-refractivity contribution < 1.29 is 9.53 Å². The third-order valence-corrected chi connectivity index (χ3v) is 6.17. The number of aromatic nitrogens is 2. The van der Waals surface area contributed by atoms with Crippen molar-refractivity contribution >= 4 is 23.1 Å². The molecule has 2 saturated heterocycles. The lowest BCUT2D eigenvalue weighted by atomic mass is 9.89. The third kappa shape index (κ3) is 3.73. The fraction of sp³-hybridized carbons (Fsp3) is 0.526. The van der Waals surface area contributed by atoms with E-state index in [9.17, 15) is 4.79 Å². The summed E-state index contributed by atoms with van der Waals surface area (Å²) in [5, 5.41) is 10.5. The van der Waals surface area contributed by atoms with E-state index in [0.717, 1.165) is 55.4 Å². The van der Waals surface area contributed by atoms with E-state index in [1.165, 1.54) is 0 Å². The first-order valence-electron chi connectivity index (χ1n) is 9.13. The quantitative estimate of drug-likeness (QED) is 0.827. The number of anilines is 1. The van der Waals surface area contributed by atoms with Gasteiger partial charge < -0.3 is 14.5 Å². The molecule has 0 aliphatic carbocycles. The smallest absolute Gasteiger partial charge is 0.227 e. The molecule has 0 atom stereocenters. The van der Waals surface area contributed by atoms with E-state index >= 15 is 0 Å². The average Bonchev–Trinajstić information content (AvgIpc) is 3.16. The highest BCUT2D eigenvalue weighted by molar-refractivity contribution is 7.10. The molecule has 0 N–H and O–H groups in total. The predicted octanol–water partition coefficient (Wildman–Crippen LogP) is 2.29. The second-order valence-corrected chi connectivity index (χ2v) is 8.16. The van der Waals surface area contributed by atoms with E-state index in [0.29, 0.717) is 13.0 Å². The Morgan fingerprint density at radius 1 is 1.23 bits per heavy atom. The lowest BCUT2D eigenvalue weighted by Crippen LogP contribution is -2.58. The SMILES string of the molecule is Cc1ccc(N2CCOC3(CCN(C(=O)Cc4cccs4)CC3)C2)nn1. The van der Waals surface area contributed by atoms with Crippen molar-refractivity contribution in [1.82, 2.24) is 15.1 Å². The van der Waals surface area contributed by atoms with Gasteiger partial charge in [0.25, 0.3) is 0 Å². The van der Waals surface area contributed by atoms with Gasteiger partial charge in [0.2, 0.25) is 5.91 Å². The van der Waals surface area contributed by atoms with Crippen molar-refractivity contribution in [2.45, 2.75) is 31.8 Å². The standard InChI is InChI=1S/C19H24N4O2S/c1-15-4-5-17(21-20-15)23-10-11-25-19(14-23)6-8-22(9-7-19)18(24)13-16-3-2-12-26-16/h2-5,12H,6-11,13-14H2,1H3. The molecular formula is C19H24N4O2S. The van der Waals surface area contributed by atoms with E-state index in [-0.39, 0.29) is 11.5 Å². The Kier molecular flexibility index (Phi) is 4.91. The molecule has 4 heterocycles. The summed E-state index contributed by atoms with van der Waals surface area (Å²) in [4.78, 5) is 17.9. The van der Waals surface area contributed by atoms with E-state index in [1.807, 2.05) is 41.5 Å². The summed E-state index contributed by atoms with van der Waals surface area (Å²) in [6.45, 7) is 5.81. The van der Waals surface area contributed by atoms with Crippen LogP contribution in [0.3, 0.4) is 0 Å². The minimum atomic E-state index is -0.176. The van der Waals surface area contributed by atoms with Crippen LogP contribution >= 0.6 is 11.3 Å². The molecule has 2 aromatic heterocycles. The van der Waals surface area contributed by atoms with Gasteiger partial charge in [-0.3, -0.25) is 4.79 Å². The summed E-state index contributed by atoms with van der Waals surface area (Å²) < 4.78 is 6.19. The Morgan fingerprint density at radius 2 is 2.08 bits per heavy atom. The molecule has 2 fully saturated rings. The number of rotatable bonds is 3. The molecule has 6 nitrogen and oxygen atoms in total. The summed E-state index contributed by atoms with van der Waals surface area (Å²) in [6.07, 6.45) is 2.26. The van der Waals surface area contributed by atoms with Gasteiger partial charge in [-0.1, -0.05) is 6.07 Å². The van der Waals surface area contributed by atoms with Crippen LogP contribution in [0.1, 0.15) is 23.4 Å². The molecule has 0 bridgehead atoms. The van der Waals surface area contributed by atoms with Gasteiger partial charge >= 0.3 is 0 Å². The Balaban J connectivity index is 1.36. The van der Waals surface area contributed by atoms with Crippen LogP contribution in [0.15, 0.2) is 29.6 Å². The zero-order valence-corrected chi connectivity index (χ0v) is 15.9. The Hall–Kier alpha value is -1.99. The molecular weight excluding hydrogens is 348 g/mol. The van der Waals surface area contributed by atoms with Crippen molar-refractivity contribution in [3.05, 3.63) is 40.2 Å². The number of nitrogens with zero attached hydrogens (tertiary/aromatic N) is 4. The number of amides is 1. The molecule has 0 unspecified atom stereocenters. The molecule has 2 aliphatic heterocycles. The van der Waals surface area contributed by atoms with Crippen molar-refractivity contribution in [3.8, 4) is 0 Å². The molecule has 7 heteroatoms. The number of thiophene rings is 1. The van der Waals surface area contributed by atoms with Crippen molar-refractivity contribution in [3.63, 3.8) is 0 Å². The Bertz CT molecular complexity index is 739. The van der Waals surface area contributed by atoms with Gasteiger partial charge in [0.15, 0.2) is 5.82 Å². The van der Waals surface area contributed by atoms with Gasteiger partial charge in [-0.15, -0.1) is 16.4 Å². The van der Waals surface area contributed by atoms with Crippen LogP contribution < -0.4 is 4.90 Å². The summed E-state index contributed by atoms with van der Waals surface area (Å²) in [7, 11) is 0. The van der Waals surface area contributed by atoms with Crippen molar-refractivity contribution in [1.29, 1.82) is 0 Å². The lowest BCUT2D eigenvalue weighted by Gasteiger charge is -2.47. The minimum Gasteiger partial charge on any atom is -0.371 e. The largest absolute Gasteiger partial charge is 0.371 e. The van der Waals surface area contributed by atoms with Gasteiger partial charge in [0.1, 0.15) is 0 Å². The van der Waals surface area contributed by atoms with Crippen LogP contribution in [-0.4, -0.2) is 59.4 Å². The molecule has 1 spiro atoms. The number of hydrogen-bond acceptors (Lipinski definition) is 6. The predicted molar refractivity (Wildman–Crippen MR) is 102 cm³/mol. The lowest BCUT2D eigenvalue weighted by molar-refractivity contribution is -0.138. The highest BCUT2D eigenvalue weighted by Gasteiger charge is 2.41. The number of hydrogen-bond donors (Lipinski definition) is 0. The van der Waals surface area contributed by atoms with Crippen molar-refractivity contribution in [2.24, 2.45) is 0 Å². The molecule has 26 heavy (non-hydrogen) atoms. The number of aryl methyl sites for hydroxylation is 1. The van der Waals surface area contributed by atoms with Crippen molar-refractivity contribution in [2.75, 3.05) is 37.7 Å². The molecule has 2 aliphatic rings. The van der Waals surface area contributed by atoms with Crippen LogP contribution in [0.4, 0.5) is 5.82 Å². The summed E-state index contributed by atoms with van der Waals surface area (Å²) in [6, 6.07) is 8.05. The van der Waals surface area contributed by atoms with Gasteiger partial charge in [-0.2, -0.15) is 5.10 Å². The average molecular weight is 372 g/mol. The van der Waals surface area contributed by atoms with Crippen LogP contribution in [0.25, 0.3) is 0 Å². The number of likely N-dealkylation sites (tertiary alicyclic amines) is 1. The number of morpholine rings is 1. The van der Waals surface area contributed by atoms with Gasteiger partial charge in [0.05, 0.1) is 24.3 Å². The Morgan fingerprint density at radius 3 is 2.77 bits per heavy atom. The second kappa shape index (κ2) is 7.32. The first-order valence-corrected chi connectivity index (χ1v) is 10.0. The second-order valence-electron chi connectivity index (χ2n) is 7.12. The number of piperidine rings is 1. The maximum absolute atomic E-state index is 12.5. The normalized spacial score (nSPS) is 19.7. The van der Waals surface area contributed by atoms with E-state index in [1.54, 1.807) is 11.3 Å². The summed E-state index contributed by atoms with van der Waals surface area (Å²) in [5.74, 6) is 1.13. The van der Waals surface area contributed by atoms with E-state index in [4.69, 9.17) is 4.74 Å². The van der Waals surface area contributed by atoms with E-state index < -0.39 is 0 Å². The fourth-order valence-corrected chi connectivity index (χ4v) is 4.44. The topological polar surface area (TPSA) is 58.6 Å². The highest BCUT2D eigenvalue weighted by atomic mass is 32.1. The molecule has 138 valence electrons. The third-order valence-electron chi connectivity index (χ3n) is 5.29. The summed E-state index contributed by atoms with van der Waals surface area (Å²) >= 11 is 1.64. The zero-order chi connectivity index (χ0) is 18.0. The summed E-state index contributed by atoms with van der Waals surface area (Å²) in [5.41, 5.74) is 0.749. The maximum atomic E-state index is 12.5. The van der Waals surface area contributed by atoms with Crippen LogP contribution in [-0.2, 0) is 16.0 Å². The molecule has 2 aromatic rings. The molecule has 1 amide bonds. The molecule has 0 aromatic carbocycles. The number of carbonyl (C=O) groups excluding carboxylic acids is 1. The van der Waals surface area contributed by atoms with Crippen LogP contribution in [0.2, 0.25) is 0 Å². The molecule has 0 radical (unpaired) electrons. The van der Waals surface area contributed by atoms with Gasteiger partial charge in [-0.25, -0.2) is 0 Å². The van der Waals surface area contributed by atoms with Gasteiger partial charge in [-0.05, 0) is 43.3 Å². The monoisotopic (exact) mass is 372 g/mol. The number of carbonyl (C=O) groups is 1. The minimum absolute atomic E-state index is 0.176. The highest BCUT2D eigenvalue weighted by Crippen LogP contribution is 2.32. The van der Waals surface area contributed by atoms with Crippen LogP contribution in [0, 0.1) is 6.92 Å². The zero-order valence-electron chi connectivity index (χ0n) is 15.1. The maximum Gasteiger partial charge on any atom is 0.227 e. The van der Waals surface area contributed by atoms with E-state index in [2.05, 4.69) is 15.1 Å². The fourth-order valence-electron chi connectivity index (χ4n) is 3.74. The van der Waals surface area contributed by atoms with Gasteiger partial charge in [0, 0.05) is 31.1 Å². The molecule has 4 rings (SSSR count). The first kappa shape index (κ1) is 17.4. The first-order chi connectivity index (χ1) is 12.6. The molecule has 0 saturated carbocycles. The number of ether oxygens (including phenoxy) is 1. The Labute approximate surface area is 157 Å². The van der Waals surface area contributed by atoms with Crippen LogP contribution in [0.5, 0.6) is 0 Å².